The lowest BCUT2D eigenvalue weighted by Gasteiger charge is -2.40. The van der Waals surface area contributed by atoms with Crippen LogP contribution in [0.15, 0.2) is 60.7 Å². The molecule has 2 aromatic rings. The molecule has 0 spiro atoms. The maximum atomic E-state index is 12.0. The highest BCUT2D eigenvalue weighted by Gasteiger charge is 2.41. The van der Waals surface area contributed by atoms with E-state index in [2.05, 4.69) is 58.1 Å². The van der Waals surface area contributed by atoms with Crippen LogP contribution in [0.3, 0.4) is 0 Å². The zero-order valence-electron chi connectivity index (χ0n) is 15.3. The van der Waals surface area contributed by atoms with E-state index < -0.39 is 14.4 Å². The second-order valence-electron chi connectivity index (χ2n) is 7.78. The molecule has 0 aromatic heterocycles. The minimum atomic E-state index is -2.05. The third kappa shape index (κ3) is 4.22. The van der Waals surface area contributed by atoms with Crippen LogP contribution in [0.2, 0.25) is 18.1 Å². The molecule has 3 heteroatoms. The van der Waals surface area contributed by atoms with E-state index in [1.165, 1.54) is 0 Å². The Hall–Kier alpha value is -1.71. The van der Waals surface area contributed by atoms with E-state index in [9.17, 15) is 4.79 Å². The quantitative estimate of drug-likeness (QED) is 0.519. The van der Waals surface area contributed by atoms with E-state index in [4.69, 9.17) is 4.43 Å². The highest BCUT2D eigenvalue weighted by Crippen LogP contribution is 2.40. The zero-order chi connectivity index (χ0) is 17.8. The van der Waals surface area contributed by atoms with Crippen LogP contribution in [0.25, 0.3) is 0 Å². The lowest BCUT2D eigenvalue weighted by molar-refractivity contribution is -0.114. The normalized spacial score (nSPS) is 13.8. The Morgan fingerprint density at radius 1 is 0.875 bits per heavy atom. The molecule has 0 heterocycles. The average molecular weight is 341 g/mol. The van der Waals surface area contributed by atoms with E-state index in [-0.39, 0.29) is 11.0 Å². The molecule has 0 radical (unpaired) electrons. The zero-order valence-corrected chi connectivity index (χ0v) is 16.3. The molecular weight excluding hydrogens is 312 g/mol. The van der Waals surface area contributed by atoms with E-state index in [1.807, 2.05) is 36.4 Å². The average Bonchev–Trinajstić information content (AvgIpc) is 2.55. The summed E-state index contributed by atoms with van der Waals surface area (Å²) in [5, 5.41) is 0.0617. The Bertz CT molecular complexity index is 605. The first-order chi connectivity index (χ1) is 11.3. The van der Waals surface area contributed by atoms with E-state index in [0.29, 0.717) is 0 Å². The van der Waals surface area contributed by atoms with Crippen LogP contribution >= 0.6 is 0 Å². The molecule has 2 rings (SSSR count). The molecular formula is C21H28O2Si. The smallest absolute Gasteiger partial charge is 0.193 e. The standard InChI is InChI=1S/C21H28O2Si/c1-21(2,3)24(4,5)23-19(16-22)20(17-12-8-6-9-13-17)18-14-10-7-11-15-18/h6-16,19-20H,1-5H3. The first kappa shape index (κ1) is 18.6. The predicted octanol–water partition coefficient (Wildman–Crippen LogP) is 5.41. The van der Waals surface area contributed by atoms with Gasteiger partial charge in [0.1, 0.15) is 12.4 Å². The van der Waals surface area contributed by atoms with Crippen LogP contribution < -0.4 is 0 Å². The molecule has 0 aliphatic rings. The van der Waals surface area contributed by atoms with Crippen molar-refractivity contribution >= 4 is 14.6 Å². The van der Waals surface area contributed by atoms with Gasteiger partial charge in [0.05, 0.1) is 0 Å². The lowest BCUT2D eigenvalue weighted by Crippen LogP contribution is -2.46. The minimum Gasteiger partial charge on any atom is -0.406 e. The number of hydrogen-bond acceptors (Lipinski definition) is 2. The molecule has 0 fully saturated rings. The van der Waals surface area contributed by atoms with Crippen molar-refractivity contribution < 1.29 is 9.22 Å². The Morgan fingerprint density at radius 3 is 1.62 bits per heavy atom. The molecule has 0 N–H and O–H groups in total. The molecule has 1 unspecified atom stereocenters. The van der Waals surface area contributed by atoms with Gasteiger partial charge in [-0.2, -0.15) is 0 Å². The highest BCUT2D eigenvalue weighted by atomic mass is 28.4. The van der Waals surface area contributed by atoms with Gasteiger partial charge in [-0.05, 0) is 29.3 Å². The van der Waals surface area contributed by atoms with Crippen molar-refractivity contribution in [1.29, 1.82) is 0 Å². The van der Waals surface area contributed by atoms with Gasteiger partial charge >= 0.3 is 0 Å². The van der Waals surface area contributed by atoms with Gasteiger partial charge in [0.15, 0.2) is 8.32 Å². The molecule has 0 aliphatic carbocycles. The fraction of sp³-hybridized carbons (Fsp3) is 0.381. The predicted molar refractivity (Wildman–Crippen MR) is 103 cm³/mol. The van der Waals surface area contributed by atoms with Crippen molar-refractivity contribution in [2.75, 3.05) is 0 Å². The van der Waals surface area contributed by atoms with Gasteiger partial charge in [0.2, 0.25) is 0 Å². The first-order valence-electron chi connectivity index (χ1n) is 8.49. The van der Waals surface area contributed by atoms with Crippen molar-refractivity contribution in [2.24, 2.45) is 0 Å². The number of aldehydes is 1. The van der Waals surface area contributed by atoms with Gasteiger partial charge in [0, 0.05) is 5.92 Å². The summed E-state index contributed by atoms with van der Waals surface area (Å²) < 4.78 is 6.49. The Balaban J connectivity index is 2.44. The van der Waals surface area contributed by atoms with Gasteiger partial charge in [-0.25, -0.2) is 0 Å². The molecule has 2 aromatic carbocycles. The van der Waals surface area contributed by atoms with Gasteiger partial charge in [-0.1, -0.05) is 81.4 Å². The third-order valence-electron chi connectivity index (χ3n) is 5.02. The summed E-state index contributed by atoms with van der Waals surface area (Å²) in [6, 6.07) is 20.3. The van der Waals surface area contributed by atoms with Crippen molar-refractivity contribution in [3.05, 3.63) is 71.8 Å². The number of carbonyl (C=O) groups is 1. The van der Waals surface area contributed by atoms with Gasteiger partial charge < -0.3 is 9.22 Å². The van der Waals surface area contributed by atoms with Crippen molar-refractivity contribution in [1.82, 2.24) is 0 Å². The fourth-order valence-electron chi connectivity index (χ4n) is 2.58. The molecule has 0 bridgehead atoms. The topological polar surface area (TPSA) is 26.3 Å². The number of rotatable bonds is 6. The molecule has 0 aliphatic heterocycles. The summed E-state index contributed by atoms with van der Waals surface area (Å²) in [5.74, 6) is -0.0842. The number of benzene rings is 2. The van der Waals surface area contributed by atoms with Crippen molar-refractivity contribution in [3.8, 4) is 0 Å². The van der Waals surface area contributed by atoms with Crippen LogP contribution in [0.4, 0.5) is 0 Å². The lowest BCUT2D eigenvalue weighted by atomic mass is 9.87. The summed E-state index contributed by atoms with van der Waals surface area (Å²) in [4.78, 5) is 12.0. The summed E-state index contributed by atoms with van der Waals surface area (Å²) in [5.41, 5.74) is 2.22. The molecule has 0 amide bonds. The minimum absolute atomic E-state index is 0.0617. The molecule has 24 heavy (non-hydrogen) atoms. The first-order valence-corrected chi connectivity index (χ1v) is 11.4. The molecule has 2 nitrogen and oxygen atoms in total. The summed E-state index contributed by atoms with van der Waals surface area (Å²) in [6.45, 7) is 11.0. The number of carbonyl (C=O) groups excluding carboxylic acids is 1. The number of hydrogen-bond donors (Lipinski definition) is 0. The Kier molecular flexibility index (Phi) is 5.78. The molecule has 128 valence electrons. The maximum Gasteiger partial charge on any atom is 0.193 e. The van der Waals surface area contributed by atoms with E-state index in [1.54, 1.807) is 0 Å². The van der Waals surface area contributed by atoms with Gasteiger partial charge in [-0.15, -0.1) is 0 Å². The van der Waals surface area contributed by atoms with Crippen LogP contribution in [-0.4, -0.2) is 20.7 Å². The van der Waals surface area contributed by atoms with Crippen molar-refractivity contribution in [2.45, 2.75) is 50.9 Å². The van der Waals surface area contributed by atoms with Crippen LogP contribution in [0.5, 0.6) is 0 Å². The van der Waals surface area contributed by atoms with E-state index >= 15 is 0 Å². The van der Waals surface area contributed by atoms with Crippen molar-refractivity contribution in [3.63, 3.8) is 0 Å². The molecule has 0 saturated carbocycles. The fourth-order valence-corrected chi connectivity index (χ4v) is 3.81. The SMILES string of the molecule is CC(C)(C)[Si](C)(C)OC(C=O)C(c1ccccc1)c1ccccc1. The van der Waals surface area contributed by atoms with Crippen LogP contribution in [0, 0.1) is 0 Å². The second kappa shape index (κ2) is 7.45. The second-order valence-corrected chi connectivity index (χ2v) is 12.5. The van der Waals surface area contributed by atoms with Crippen LogP contribution in [0.1, 0.15) is 37.8 Å². The van der Waals surface area contributed by atoms with E-state index in [0.717, 1.165) is 17.4 Å². The van der Waals surface area contributed by atoms with Gasteiger partial charge in [-0.3, -0.25) is 0 Å². The molecule has 1 atom stereocenters. The highest BCUT2D eigenvalue weighted by molar-refractivity contribution is 6.74. The maximum absolute atomic E-state index is 12.0. The summed E-state index contributed by atoms with van der Waals surface area (Å²) in [6.07, 6.45) is 0.501. The Morgan fingerprint density at radius 2 is 1.29 bits per heavy atom. The van der Waals surface area contributed by atoms with Crippen LogP contribution in [-0.2, 0) is 9.22 Å². The summed E-state index contributed by atoms with van der Waals surface area (Å²) >= 11 is 0. The largest absolute Gasteiger partial charge is 0.406 e. The van der Waals surface area contributed by atoms with Gasteiger partial charge in [0.25, 0.3) is 0 Å². The third-order valence-corrected chi connectivity index (χ3v) is 9.49. The summed E-state index contributed by atoms with van der Waals surface area (Å²) in [7, 11) is -2.05. The molecule has 0 saturated heterocycles. The monoisotopic (exact) mass is 340 g/mol. The Labute approximate surface area is 147 Å².